The number of halogens is 1. The van der Waals surface area contributed by atoms with Crippen LogP contribution in [0.3, 0.4) is 0 Å². The number of hydrogen-bond acceptors (Lipinski definition) is 1. The van der Waals surface area contributed by atoms with Crippen molar-refractivity contribution in [2.24, 2.45) is 0 Å². The number of hydrogen-bond donors (Lipinski definition) is 1. The molecule has 0 amide bonds. The van der Waals surface area contributed by atoms with Crippen molar-refractivity contribution >= 4 is 11.6 Å². The molecule has 0 aliphatic heterocycles. The van der Waals surface area contributed by atoms with E-state index in [1.54, 1.807) is 0 Å². The van der Waals surface area contributed by atoms with E-state index in [2.05, 4.69) is 5.32 Å². The Morgan fingerprint density at radius 3 is 2.22 bits per heavy atom. The third kappa shape index (κ3) is 1.39. The molecule has 0 radical (unpaired) electrons. The quantitative estimate of drug-likeness (QED) is 0.587. The summed E-state index contributed by atoms with van der Waals surface area (Å²) in [5.41, 5.74) is 0.293. The third-order valence-corrected chi connectivity index (χ3v) is 2.86. The number of alkyl halides is 1. The topological polar surface area (TPSA) is 12.0 Å². The lowest BCUT2D eigenvalue weighted by Gasteiger charge is -2.24. The minimum Gasteiger partial charge on any atom is -0.313 e. The van der Waals surface area contributed by atoms with Crippen LogP contribution in [-0.4, -0.2) is 18.5 Å². The van der Waals surface area contributed by atoms with E-state index in [1.165, 1.54) is 25.7 Å². The van der Waals surface area contributed by atoms with Crippen LogP contribution in [0.4, 0.5) is 0 Å². The molecule has 1 aliphatic carbocycles. The highest BCUT2D eigenvalue weighted by molar-refractivity contribution is 6.18. The zero-order valence-electron chi connectivity index (χ0n) is 5.91. The summed E-state index contributed by atoms with van der Waals surface area (Å²) in [6, 6.07) is 0. The Kier molecular flexibility index (Phi) is 2.36. The van der Waals surface area contributed by atoms with E-state index >= 15 is 0 Å². The molecule has 1 fully saturated rings. The fourth-order valence-corrected chi connectivity index (χ4v) is 1.90. The van der Waals surface area contributed by atoms with E-state index < -0.39 is 0 Å². The Balaban J connectivity index is 2.45. The molecule has 1 rings (SSSR count). The van der Waals surface area contributed by atoms with E-state index in [1.807, 2.05) is 7.05 Å². The molecular formula is C7H14ClN. The first-order valence-electron chi connectivity index (χ1n) is 3.58. The van der Waals surface area contributed by atoms with Crippen LogP contribution in [0, 0.1) is 0 Å². The van der Waals surface area contributed by atoms with Crippen molar-refractivity contribution in [2.75, 3.05) is 12.9 Å². The lowest BCUT2D eigenvalue weighted by molar-refractivity contribution is 0.403. The second kappa shape index (κ2) is 2.89. The summed E-state index contributed by atoms with van der Waals surface area (Å²) in [5.74, 6) is 0.767. The molecule has 0 unspecified atom stereocenters. The molecule has 1 N–H and O–H groups in total. The predicted octanol–water partition coefficient (Wildman–Crippen LogP) is 1.76. The van der Waals surface area contributed by atoms with Gasteiger partial charge in [0.25, 0.3) is 0 Å². The first kappa shape index (κ1) is 7.36. The normalized spacial score (nSPS) is 24.7. The van der Waals surface area contributed by atoms with E-state index in [4.69, 9.17) is 11.6 Å². The van der Waals surface area contributed by atoms with Gasteiger partial charge >= 0.3 is 0 Å². The van der Waals surface area contributed by atoms with Gasteiger partial charge in [-0.25, -0.2) is 0 Å². The Morgan fingerprint density at radius 1 is 1.44 bits per heavy atom. The first-order chi connectivity index (χ1) is 4.33. The Bertz CT molecular complexity index is 80.9. The fourth-order valence-electron chi connectivity index (χ4n) is 1.50. The average molecular weight is 148 g/mol. The first-order valence-corrected chi connectivity index (χ1v) is 4.11. The van der Waals surface area contributed by atoms with Gasteiger partial charge in [0.1, 0.15) is 0 Å². The second-order valence-corrected chi connectivity index (χ2v) is 3.14. The molecule has 9 heavy (non-hydrogen) atoms. The highest BCUT2D eigenvalue weighted by Gasteiger charge is 2.30. The summed E-state index contributed by atoms with van der Waals surface area (Å²) in [6.45, 7) is 0. The van der Waals surface area contributed by atoms with Crippen molar-refractivity contribution in [3.05, 3.63) is 0 Å². The SMILES string of the molecule is CNC1(CCl)CCCC1. The van der Waals surface area contributed by atoms with Crippen LogP contribution in [0.1, 0.15) is 25.7 Å². The van der Waals surface area contributed by atoms with Crippen LogP contribution < -0.4 is 5.32 Å². The van der Waals surface area contributed by atoms with E-state index in [-0.39, 0.29) is 0 Å². The summed E-state index contributed by atoms with van der Waals surface area (Å²) in [6.07, 6.45) is 5.20. The molecule has 0 atom stereocenters. The maximum absolute atomic E-state index is 5.80. The lowest BCUT2D eigenvalue weighted by Crippen LogP contribution is -2.41. The molecule has 0 spiro atoms. The van der Waals surface area contributed by atoms with Gasteiger partial charge in [0.05, 0.1) is 0 Å². The molecule has 2 heteroatoms. The van der Waals surface area contributed by atoms with Crippen molar-refractivity contribution < 1.29 is 0 Å². The Hall–Kier alpha value is 0.250. The van der Waals surface area contributed by atoms with Crippen molar-refractivity contribution in [1.29, 1.82) is 0 Å². The van der Waals surface area contributed by atoms with Crippen LogP contribution in [0.5, 0.6) is 0 Å². The summed E-state index contributed by atoms with van der Waals surface area (Å²) in [4.78, 5) is 0. The third-order valence-electron chi connectivity index (χ3n) is 2.35. The van der Waals surface area contributed by atoms with E-state index in [0.717, 1.165) is 5.88 Å². The van der Waals surface area contributed by atoms with Gasteiger partial charge < -0.3 is 5.32 Å². The smallest absolute Gasteiger partial charge is 0.0405 e. The van der Waals surface area contributed by atoms with Gasteiger partial charge in [-0.1, -0.05) is 12.8 Å². The maximum atomic E-state index is 5.80. The molecule has 54 valence electrons. The zero-order valence-corrected chi connectivity index (χ0v) is 6.67. The molecule has 0 aromatic heterocycles. The van der Waals surface area contributed by atoms with Gasteiger partial charge in [-0.15, -0.1) is 11.6 Å². The van der Waals surface area contributed by atoms with Gasteiger partial charge in [-0.2, -0.15) is 0 Å². The molecule has 1 saturated carbocycles. The van der Waals surface area contributed by atoms with Gasteiger partial charge in [-0.05, 0) is 19.9 Å². The minimum atomic E-state index is 0.293. The largest absolute Gasteiger partial charge is 0.313 e. The summed E-state index contributed by atoms with van der Waals surface area (Å²) < 4.78 is 0. The van der Waals surface area contributed by atoms with Crippen LogP contribution in [0.2, 0.25) is 0 Å². The van der Waals surface area contributed by atoms with E-state index in [0.29, 0.717) is 5.54 Å². The van der Waals surface area contributed by atoms with Crippen molar-refractivity contribution in [3.63, 3.8) is 0 Å². The molecule has 0 saturated heterocycles. The highest BCUT2D eigenvalue weighted by Crippen LogP contribution is 2.29. The molecule has 1 aliphatic rings. The monoisotopic (exact) mass is 147 g/mol. The van der Waals surface area contributed by atoms with Gasteiger partial charge in [-0.3, -0.25) is 0 Å². The molecule has 0 aromatic rings. The number of rotatable bonds is 2. The molecule has 0 aromatic carbocycles. The van der Waals surface area contributed by atoms with Gasteiger partial charge in [0.15, 0.2) is 0 Å². The number of nitrogens with one attached hydrogen (secondary N) is 1. The standard InChI is InChI=1S/C7H14ClN/c1-9-7(6-8)4-2-3-5-7/h9H,2-6H2,1H3. The van der Waals surface area contributed by atoms with Crippen LogP contribution in [0.25, 0.3) is 0 Å². The van der Waals surface area contributed by atoms with Crippen molar-refractivity contribution in [1.82, 2.24) is 5.32 Å². The summed E-state index contributed by atoms with van der Waals surface area (Å²) >= 11 is 5.80. The van der Waals surface area contributed by atoms with Crippen molar-refractivity contribution in [3.8, 4) is 0 Å². The molecule has 1 nitrogen and oxygen atoms in total. The molecule has 0 bridgehead atoms. The summed E-state index contributed by atoms with van der Waals surface area (Å²) in [5, 5.41) is 3.30. The second-order valence-electron chi connectivity index (χ2n) is 2.87. The van der Waals surface area contributed by atoms with Crippen LogP contribution in [-0.2, 0) is 0 Å². The lowest BCUT2D eigenvalue weighted by atomic mass is 10.0. The van der Waals surface area contributed by atoms with Gasteiger partial charge in [0.2, 0.25) is 0 Å². The van der Waals surface area contributed by atoms with E-state index in [9.17, 15) is 0 Å². The highest BCUT2D eigenvalue weighted by atomic mass is 35.5. The minimum absolute atomic E-state index is 0.293. The van der Waals surface area contributed by atoms with Gasteiger partial charge in [0, 0.05) is 11.4 Å². The maximum Gasteiger partial charge on any atom is 0.0405 e. The summed E-state index contributed by atoms with van der Waals surface area (Å²) in [7, 11) is 2.01. The van der Waals surface area contributed by atoms with Crippen LogP contribution in [0.15, 0.2) is 0 Å². The average Bonchev–Trinajstić information content (AvgIpc) is 2.36. The van der Waals surface area contributed by atoms with Crippen LogP contribution >= 0.6 is 11.6 Å². The fraction of sp³-hybridized carbons (Fsp3) is 1.00. The predicted molar refractivity (Wildman–Crippen MR) is 41.0 cm³/mol. The Morgan fingerprint density at radius 2 is 2.00 bits per heavy atom. The molecule has 0 heterocycles. The Labute approximate surface area is 61.8 Å². The van der Waals surface area contributed by atoms with Crippen molar-refractivity contribution in [2.45, 2.75) is 31.2 Å². The zero-order chi connectivity index (χ0) is 6.74. The molecular weight excluding hydrogens is 134 g/mol.